The van der Waals surface area contributed by atoms with E-state index in [1.807, 2.05) is 37.3 Å². The summed E-state index contributed by atoms with van der Waals surface area (Å²) in [6.07, 6.45) is -3.67. The van der Waals surface area contributed by atoms with Crippen LogP contribution in [0.1, 0.15) is 41.3 Å². The number of carbonyl (C=O) groups is 1. The first-order valence-electron chi connectivity index (χ1n) is 8.56. The van der Waals surface area contributed by atoms with Crippen LogP contribution in [0, 0.1) is 0 Å². The van der Waals surface area contributed by atoms with Gasteiger partial charge < -0.3 is 4.90 Å². The van der Waals surface area contributed by atoms with Gasteiger partial charge in [0.05, 0.1) is 11.5 Å². The maximum atomic E-state index is 13.1. The third-order valence-electron chi connectivity index (χ3n) is 4.61. The van der Waals surface area contributed by atoms with Gasteiger partial charge in [-0.05, 0) is 29.7 Å². The highest BCUT2D eigenvalue weighted by molar-refractivity contribution is 7.99. The molecule has 2 unspecified atom stereocenters. The van der Waals surface area contributed by atoms with Crippen LogP contribution in [0.2, 0.25) is 0 Å². The maximum Gasteiger partial charge on any atom is 0.416 e. The van der Waals surface area contributed by atoms with E-state index in [9.17, 15) is 18.0 Å². The summed E-state index contributed by atoms with van der Waals surface area (Å²) in [5, 5.41) is -0.234. The van der Waals surface area contributed by atoms with Gasteiger partial charge in [-0.3, -0.25) is 4.79 Å². The highest BCUT2D eigenvalue weighted by atomic mass is 32.2. The van der Waals surface area contributed by atoms with E-state index in [-0.39, 0.29) is 17.2 Å². The summed E-state index contributed by atoms with van der Waals surface area (Å²) in [5.74, 6) is 0.586. The Bertz CT molecular complexity index is 746. The maximum absolute atomic E-state index is 13.1. The number of thioether (sulfide) groups is 1. The molecule has 2 atom stereocenters. The molecular weight excluding hydrogens is 359 g/mol. The Labute approximate surface area is 155 Å². The number of hydrogen-bond donors (Lipinski definition) is 0. The standard InChI is InChI=1S/C20H20F3NOS/c1-2-17(14-6-4-3-5-7-14)18(25)24-12-13-26-19(24)15-8-10-16(11-9-15)20(21,22)23/h3-11,17,19H,2,12-13H2,1H3. The zero-order chi connectivity index (χ0) is 18.7. The summed E-state index contributed by atoms with van der Waals surface area (Å²) < 4.78 is 38.3. The van der Waals surface area contributed by atoms with E-state index in [0.29, 0.717) is 13.0 Å². The minimum Gasteiger partial charge on any atom is -0.325 e. The predicted molar refractivity (Wildman–Crippen MR) is 97.8 cm³/mol. The van der Waals surface area contributed by atoms with Gasteiger partial charge in [0.2, 0.25) is 5.91 Å². The first-order valence-corrected chi connectivity index (χ1v) is 9.61. The van der Waals surface area contributed by atoms with E-state index in [0.717, 1.165) is 29.0 Å². The van der Waals surface area contributed by atoms with Crippen molar-refractivity contribution in [2.24, 2.45) is 0 Å². The molecule has 0 N–H and O–H groups in total. The molecule has 6 heteroatoms. The van der Waals surface area contributed by atoms with Crippen LogP contribution >= 0.6 is 11.8 Å². The Morgan fingerprint density at radius 2 is 1.81 bits per heavy atom. The molecule has 0 aliphatic carbocycles. The van der Waals surface area contributed by atoms with Crippen LogP contribution in [0.5, 0.6) is 0 Å². The van der Waals surface area contributed by atoms with E-state index < -0.39 is 11.7 Å². The van der Waals surface area contributed by atoms with Crippen molar-refractivity contribution in [3.05, 3.63) is 71.3 Å². The molecule has 26 heavy (non-hydrogen) atoms. The van der Waals surface area contributed by atoms with Crippen LogP contribution in [-0.2, 0) is 11.0 Å². The van der Waals surface area contributed by atoms with Gasteiger partial charge in [0, 0.05) is 12.3 Å². The average molecular weight is 379 g/mol. The molecule has 138 valence electrons. The Hall–Kier alpha value is -1.95. The SMILES string of the molecule is CCC(C(=O)N1CCSC1c1ccc(C(F)(F)F)cc1)c1ccccc1. The summed E-state index contributed by atoms with van der Waals surface area (Å²) in [4.78, 5) is 14.9. The number of amides is 1. The van der Waals surface area contributed by atoms with Crippen LogP contribution in [0.3, 0.4) is 0 Å². The van der Waals surface area contributed by atoms with Crippen LogP contribution in [0.4, 0.5) is 13.2 Å². The lowest BCUT2D eigenvalue weighted by molar-refractivity contribution is -0.137. The third-order valence-corrected chi connectivity index (χ3v) is 5.87. The van der Waals surface area contributed by atoms with Gasteiger partial charge in [0.25, 0.3) is 0 Å². The Morgan fingerprint density at radius 3 is 2.38 bits per heavy atom. The summed E-state index contributed by atoms with van der Waals surface area (Å²) in [6.45, 7) is 2.59. The van der Waals surface area contributed by atoms with E-state index in [2.05, 4.69) is 0 Å². The molecule has 1 aliphatic rings. The van der Waals surface area contributed by atoms with Gasteiger partial charge in [0.15, 0.2) is 0 Å². The van der Waals surface area contributed by atoms with Crippen molar-refractivity contribution in [3.63, 3.8) is 0 Å². The molecule has 0 bridgehead atoms. The fourth-order valence-electron chi connectivity index (χ4n) is 3.25. The third kappa shape index (κ3) is 3.90. The topological polar surface area (TPSA) is 20.3 Å². The van der Waals surface area contributed by atoms with Crippen LogP contribution in [-0.4, -0.2) is 23.1 Å². The summed E-state index contributed by atoms with van der Waals surface area (Å²) in [5.41, 5.74) is 1.04. The Kier molecular flexibility index (Phi) is 5.61. The van der Waals surface area contributed by atoms with E-state index in [1.54, 1.807) is 16.7 Å². The average Bonchev–Trinajstić information content (AvgIpc) is 3.12. The number of nitrogens with zero attached hydrogens (tertiary/aromatic N) is 1. The van der Waals surface area contributed by atoms with Crippen molar-refractivity contribution in [2.45, 2.75) is 30.8 Å². The first kappa shape index (κ1) is 18.8. The molecule has 0 saturated carbocycles. The van der Waals surface area contributed by atoms with Crippen LogP contribution < -0.4 is 0 Å². The lowest BCUT2D eigenvalue weighted by atomic mass is 9.94. The van der Waals surface area contributed by atoms with Gasteiger partial charge >= 0.3 is 6.18 Å². The molecule has 1 fully saturated rings. The minimum atomic E-state index is -4.35. The molecule has 1 saturated heterocycles. The molecule has 2 nitrogen and oxygen atoms in total. The number of hydrogen-bond acceptors (Lipinski definition) is 2. The van der Waals surface area contributed by atoms with Gasteiger partial charge in [-0.2, -0.15) is 13.2 Å². The van der Waals surface area contributed by atoms with Crippen molar-refractivity contribution >= 4 is 17.7 Å². The lowest BCUT2D eigenvalue weighted by Crippen LogP contribution is -2.34. The molecule has 2 aromatic carbocycles. The smallest absolute Gasteiger partial charge is 0.325 e. The summed E-state index contributed by atoms with van der Waals surface area (Å²) in [7, 11) is 0. The molecular formula is C20H20F3NOS. The van der Waals surface area contributed by atoms with Gasteiger partial charge in [-0.25, -0.2) is 0 Å². The van der Waals surface area contributed by atoms with E-state index >= 15 is 0 Å². The van der Waals surface area contributed by atoms with E-state index in [4.69, 9.17) is 0 Å². The normalized spacial score (nSPS) is 18.8. The number of alkyl halides is 3. The number of halogens is 3. The van der Waals surface area contributed by atoms with Crippen LogP contribution in [0.15, 0.2) is 54.6 Å². The highest BCUT2D eigenvalue weighted by Gasteiger charge is 2.35. The fraction of sp³-hybridized carbons (Fsp3) is 0.350. The number of carbonyl (C=O) groups excluding carboxylic acids is 1. The highest BCUT2D eigenvalue weighted by Crippen LogP contribution is 2.41. The second-order valence-corrected chi connectivity index (χ2v) is 7.43. The molecule has 0 spiro atoms. The first-order chi connectivity index (χ1) is 12.4. The zero-order valence-corrected chi connectivity index (χ0v) is 15.2. The fourth-order valence-corrected chi connectivity index (χ4v) is 4.51. The zero-order valence-electron chi connectivity index (χ0n) is 14.4. The quantitative estimate of drug-likeness (QED) is 0.702. The van der Waals surface area contributed by atoms with Crippen molar-refractivity contribution < 1.29 is 18.0 Å². The molecule has 0 aromatic heterocycles. The van der Waals surface area contributed by atoms with Crippen LogP contribution in [0.25, 0.3) is 0 Å². The number of benzene rings is 2. The molecule has 0 radical (unpaired) electrons. The molecule has 1 heterocycles. The van der Waals surface area contributed by atoms with Crippen molar-refractivity contribution in [3.8, 4) is 0 Å². The second kappa shape index (κ2) is 7.74. The predicted octanol–water partition coefficient (Wildman–Crippen LogP) is 5.47. The lowest BCUT2D eigenvalue weighted by Gasteiger charge is -2.28. The molecule has 3 rings (SSSR count). The molecule has 2 aromatic rings. The molecule has 1 aliphatic heterocycles. The summed E-state index contributed by atoms with van der Waals surface area (Å²) >= 11 is 1.59. The van der Waals surface area contributed by atoms with Crippen molar-refractivity contribution in [1.82, 2.24) is 4.90 Å². The summed E-state index contributed by atoms with van der Waals surface area (Å²) in [6, 6.07) is 14.8. The largest absolute Gasteiger partial charge is 0.416 e. The van der Waals surface area contributed by atoms with E-state index in [1.165, 1.54) is 12.1 Å². The van der Waals surface area contributed by atoms with Crippen molar-refractivity contribution in [2.75, 3.05) is 12.3 Å². The van der Waals surface area contributed by atoms with Gasteiger partial charge in [0.1, 0.15) is 5.37 Å². The Balaban J connectivity index is 1.82. The molecule has 1 amide bonds. The monoisotopic (exact) mass is 379 g/mol. The van der Waals surface area contributed by atoms with Crippen molar-refractivity contribution in [1.29, 1.82) is 0 Å². The number of rotatable bonds is 4. The minimum absolute atomic E-state index is 0.0357. The second-order valence-electron chi connectivity index (χ2n) is 6.25. The van der Waals surface area contributed by atoms with Gasteiger partial charge in [-0.15, -0.1) is 11.8 Å². The Morgan fingerprint density at radius 1 is 1.15 bits per heavy atom. The van der Waals surface area contributed by atoms with Gasteiger partial charge in [-0.1, -0.05) is 49.4 Å².